The van der Waals surface area contributed by atoms with Crippen molar-refractivity contribution in [3.8, 4) is 5.75 Å². The average molecular weight is 337 g/mol. The zero-order valence-corrected chi connectivity index (χ0v) is 13.4. The Hall–Kier alpha value is -2.50. The second-order valence-electron chi connectivity index (χ2n) is 5.39. The number of benzene rings is 2. The number of aryl methyl sites for hydroxylation is 1. The lowest BCUT2D eigenvalue weighted by Crippen LogP contribution is -2.32. The topological polar surface area (TPSA) is 38.3 Å². The van der Waals surface area contributed by atoms with Crippen molar-refractivity contribution in [2.75, 3.05) is 5.32 Å². The molecule has 1 atom stereocenters. The zero-order chi connectivity index (χ0) is 17.7. The quantitative estimate of drug-likeness (QED) is 0.850. The van der Waals surface area contributed by atoms with Crippen molar-refractivity contribution < 1.29 is 22.7 Å². The Bertz CT molecular complexity index is 679. The molecule has 0 unspecified atom stereocenters. The van der Waals surface area contributed by atoms with Crippen LogP contribution in [0.5, 0.6) is 5.75 Å². The standard InChI is InChI=1S/C18H18F3NO2/c1-3-16(24-15-10-4-12(2)5-11-15)17(23)22-14-8-6-13(7-9-14)18(19,20)21/h4-11,16H,3H2,1-2H3,(H,22,23)/t16-/m1/s1. The van der Waals surface area contributed by atoms with E-state index in [1.165, 1.54) is 12.1 Å². The molecule has 24 heavy (non-hydrogen) atoms. The summed E-state index contributed by atoms with van der Waals surface area (Å²) in [4.78, 5) is 12.2. The van der Waals surface area contributed by atoms with Gasteiger partial charge in [0.15, 0.2) is 6.10 Å². The molecule has 128 valence electrons. The maximum Gasteiger partial charge on any atom is 0.416 e. The van der Waals surface area contributed by atoms with Crippen LogP contribution < -0.4 is 10.1 Å². The van der Waals surface area contributed by atoms with E-state index in [1.54, 1.807) is 19.1 Å². The molecule has 0 spiro atoms. The second kappa shape index (κ2) is 7.38. The van der Waals surface area contributed by atoms with Crippen LogP contribution in [0.2, 0.25) is 0 Å². The smallest absolute Gasteiger partial charge is 0.416 e. The van der Waals surface area contributed by atoms with Gasteiger partial charge in [0.2, 0.25) is 0 Å². The van der Waals surface area contributed by atoms with Gasteiger partial charge in [0.25, 0.3) is 5.91 Å². The summed E-state index contributed by atoms with van der Waals surface area (Å²) in [7, 11) is 0. The maximum absolute atomic E-state index is 12.5. The minimum atomic E-state index is -4.40. The molecule has 0 aliphatic heterocycles. The largest absolute Gasteiger partial charge is 0.481 e. The van der Waals surface area contributed by atoms with Gasteiger partial charge in [-0.25, -0.2) is 0 Å². The van der Waals surface area contributed by atoms with Crippen molar-refractivity contribution in [2.45, 2.75) is 32.5 Å². The van der Waals surface area contributed by atoms with Crippen molar-refractivity contribution in [2.24, 2.45) is 0 Å². The first kappa shape index (κ1) is 17.8. The van der Waals surface area contributed by atoms with E-state index < -0.39 is 23.8 Å². The Morgan fingerprint density at radius 1 is 1.08 bits per heavy atom. The SMILES string of the molecule is CC[C@@H](Oc1ccc(C)cc1)C(=O)Nc1ccc(C(F)(F)F)cc1. The van der Waals surface area contributed by atoms with Crippen LogP contribution in [-0.4, -0.2) is 12.0 Å². The first-order valence-corrected chi connectivity index (χ1v) is 7.51. The highest BCUT2D eigenvalue weighted by Crippen LogP contribution is 2.29. The fourth-order valence-electron chi connectivity index (χ4n) is 2.07. The number of carbonyl (C=O) groups is 1. The molecule has 1 N–H and O–H groups in total. The first-order valence-electron chi connectivity index (χ1n) is 7.51. The lowest BCUT2D eigenvalue weighted by atomic mass is 10.2. The van der Waals surface area contributed by atoms with Crippen LogP contribution in [0, 0.1) is 6.92 Å². The molecule has 3 nitrogen and oxygen atoms in total. The molecular weight excluding hydrogens is 319 g/mol. The number of carbonyl (C=O) groups excluding carboxylic acids is 1. The number of amides is 1. The van der Waals surface area contributed by atoms with Gasteiger partial charge in [-0.15, -0.1) is 0 Å². The van der Waals surface area contributed by atoms with E-state index >= 15 is 0 Å². The number of nitrogens with one attached hydrogen (secondary N) is 1. The number of hydrogen-bond donors (Lipinski definition) is 1. The molecule has 0 aliphatic rings. The Labute approximate surface area is 138 Å². The van der Waals surface area contributed by atoms with E-state index in [9.17, 15) is 18.0 Å². The van der Waals surface area contributed by atoms with Gasteiger partial charge in [-0.2, -0.15) is 13.2 Å². The van der Waals surface area contributed by atoms with Crippen LogP contribution in [0.25, 0.3) is 0 Å². The number of anilines is 1. The molecule has 0 aliphatic carbocycles. The monoisotopic (exact) mass is 337 g/mol. The van der Waals surface area contributed by atoms with E-state index in [0.29, 0.717) is 17.9 Å². The molecule has 2 rings (SSSR count). The fraction of sp³-hybridized carbons (Fsp3) is 0.278. The van der Waals surface area contributed by atoms with Crippen LogP contribution >= 0.6 is 0 Å². The predicted molar refractivity (Wildman–Crippen MR) is 86.0 cm³/mol. The molecule has 2 aromatic rings. The summed E-state index contributed by atoms with van der Waals surface area (Å²) >= 11 is 0. The Balaban J connectivity index is 2.02. The van der Waals surface area contributed by atoms with Gasteiger partial charge < -0.3 is 10.1 Å². The summed E-state index contributed by atoms with van der Waals surface area (Å²) in [5.74, 6) is 0.160. The second-order valence-corrected chi connectivity index (χ2v) is 5.39. The van der Waals surface area contributed by atoms with Gasteiger partial charge in [-0.3, -0.25) is 4.79 Å². The fourth-order valence-corrected chi connectivity index (χ4v) is 2.07. The highest BCUT2D eigenvalue weighted by Gasteiger charge is 2.30. The molecule has 0 heterocycles. The zero-order valence-electron chi connectivity index (χ0n) is 13.4. The maximum atomic E-state index is 12.5. The summed E-state index contributed by atoms with van der Waals surface area (Å²) in [6.45, 7) is 3.74. The molecule has 1 amide bonds. The van der Waals surface area contributed by atoms with Crippen molar-refractivity contribution in [3.63, 3.8) is 0 Å². The van der Waals surface area contributed by atoms with Gasteiger partial charge >= 0.3 is 6.18 Å². The summed E-state index contributed by atoms with van der Waals surface area (Å²) in [5, 5.41) is 2.57. The summed E-state index contributed by atoms with van der Waals surface area (Å²) in [5.41, 5.74) is 0.604. The lowest BCUT2D eigenvalue weighted by molar-refractivity contribution is -0.137. The minimum absolute atomic E-state index is 0.291. The van der Waals surface area contributed by atoms with Crippen molar-refractivity contribution in [3.05, 3.63) is 59.7 Å². The summed E-state index contributed by atoms with van der Waals surface area (Å²) in [6, 6.07) is 11.6. The normalized spacial score (nSPS) is 12.5. The summed E-state index contributed by atoms with van der Waals surface area (Å²) in [6.07, 6.45) is -4.70. The highest BCUT2D eigenvalue weighted by atomic mass is 19.4. The van der Waals surface area contributed by atoms with Gasteiger partial charge in [0.1, 0.15) is 5.75 Å². The first-order chi connectivity index (χ1) is 11.3. The third-order valence-electron chi connectivity index (χ3n) is 3.44. The molecule has 0 saturated carbocycles. The molecular formula is C18H18F3NO2. The number of halogens is 3. The third-order valence-corrected chi connectivity index (χ3v) is 3.44. The van der Waals surface area contributed by atoms with E-state index in [0.717, 1.165) is 17.7 Å². The number of alkyl halides is 3. The van der Waals surface area contributed by atoms with Crippen LogP contribution in [0.15, 0.2) is 48.5 Å². The number of ether oxygens (including phenoxy) is 1. The van der Waals surface area contributed by atoms with Crippen LogP contribution in [0.1, 0.15) is 24.5 Å². The minimum Gasteiger partial charge on any atom is -0.481 e. The van der Waals surface area contributed by atoms with Gasteiger partial charge in [0.05, 0.1) is 5.56 Å². The van der Waals surface area contributed by atoms with Crippen LogP contribution in [0.3, 0.4) is 0 Å². The molecule has 0 aromatic heterocycles. The number of hydrogen-bond acceptors (Lipinski definition) is 2. The van der Waals surface area contributed by atoms with Crippen LogP contribution in [-0.2, 0) is 11.0 Å². The predicted octanol–water partition coefficient (Wildman–Crippen LogP) is 4.81. The molecule has 2 aromatic carbocycles. The molecule has 0 radical (unpaired) electrons. The Morgan fingerprint density at radius 2 is 1.67 bits per heavy atom. The highest BCUT2D eigenvalue weighted by molar-refractivity contribution is 5.94. The lowest BCUT2D eigenvalue weighted by Gasteiger charge is -2.17. The van der Waals surface area contributed by atoms with Crippen molar-refractivity contribution >= 4 is 11.6 Å². The van der Waals surface area contributed by atoms with Crippen molar-refractivity contribution in [1.82, 2.24) is 0 Å². The van der Waals surface area contributed by atoms with Gasteiger partial charge in [0, 0.05) is 5.69 Å². The average Bonchev–Trinajstić information content (AvgIpc) is 2.54. The van der Waals surface area contributed by atoms with Crippen LogP contribution in [0.4, 0.5) is 18.9 Å². The Morgan fingerprint density at radius 3 is 2.17 bits per heavy atom. The van der Waals surface area contributed by atoms with E-state index in [1.807, 2.05) is 19.1 Å². The van der Waals surface area contributed by atoms with E-state index in [4.69, 9.17) is 4.74 Å². The molecule has 6 heteroatoms. The summed E-state index contributed by atoms with van der Waals surface area (Å²) < 4.78 is 43.2. The van der Waals surface area contributed by atoms with Crippen molar-refractivity contribution in [1.29, 1.82) is 0 Å². The Kier molecular flexibility index (Phi) is 5.49. The molecule has 0 bridgehead atoms. The molecule has 0 fully saturated rings. The molecule has 0 saturated heterocycles. The van der Waals surface area contributed by atoms with E-state index in [2.05, 4.69) is 5.32 Å². The number of rotatable bonds is 5. The van der Waals surface area contributed by atoms with Gasteiger partial charge in [-0.1, -0.05) is 24.6 Å². The van der Waals surface area contributed by atoms with Gasteiger partial charge in [-0.05, 0) is 49.7 Å². The third kappa shape index (κ3) is 4.75. The van der Waals surface area contributed by atoms with E-state index in [-0.39, 0.29) is 0 Å².